The number of methoxy groups -OCH3 is 1. The van der Waals surface area contributed by atoms with Gasteiger partial charge >= 0.3 is 0 Å². The molecule has 0 fully saturated rings. The Morgan fingerprint density at radius 2 is 2.17 bits per heavy atom. The van der Waals surface area contributed by atoms with Crippen LogP contribution in [0.3, 0.4) is 0 Å². The number of carbonyl (C=O) groups is 1. The van der Waals surface area contributed by atoms with Crippen LogP contribution in [0.2, 0.25) is 0 Å². The Kier molecular flexibility index (Phi) is 8.03. The first-order valence-corrected chi connectivity index (χ1v) is 11.4. The Balaban J connectivity index is 1.59. The van der Waals surface area contributed by atoms with Gasteiger partial charge in [-0.2, -0.15) is 0 Å². The van der Waals surface area contributed by atoms with Crippen molar-refractivity contribution in [3.63, 3.8) is 0 Å². The Bertz CT molecular complexity index is 995. The molecular formula is C25H30N2O2S. The van der Waals surface area contributed by atoms with Crippen LogP contribution in [0.25, 0.3) is 16.2 Å². The summed E-state index contributed by atoms with van der Waals surface area (Å²) in [6.07, 6.45) is 12.3. The van der Waals surface area contributed by atoms with Crippen molar-refractivity contribution in [1.82, 2.24) is 10.3 Å². The maximum absolute atomic E-state index is 12.4. The molecule has 2 heterocycles. The fourth-order valence-corrected chi connectivity index (χ4v) is 4.78. The first kappa shape index (κ1) is 22.0. The van der Waals surface area contributed by atoms with E-state index in [4.69, 9.17) is 4.74 Å². The van der Waals surface area contributed by atoms with Crippen LogP contribution < -0.4 is 10.1 Å². The van der Waals surface area contributed by atoms with E-state index in [1.165, 1.54) is 21.2 Å². The number of hydrogen-bond donors (Lipinski definition) is 1. The van der Waals surface area contributed by atoms with Crippen LogP contribution in [0.1, 0.15) is 49.1 Å². The number of aryl methyl sites for hydroxylation is 2. The first-order chi connectivity index (χ1) is 14.6. The molecule has 1 amide bonds. The molecule has 0 saturated heterocycles. The predicted octanol–water partition coefficient (Wildman–Crippen LogP) is 5.80. The molecule has 5 heteroatoms. The number of hydrogen-bond acceptors (Lipinski definition) is 4. The molecule has 1 atom stereocenters. The van der Waals surface area contributed by atoms with E-state index >= 15 is 0 Å². The second-order valence-electron chi connectivity index (χ2n) is 7.55. The van der Waals surface area contributed by atoms with Crippen LogP contribution in [-0.2, 0) is 17.6 Å². The SMILES string of the molecule is CCCc1c(/C=C/C(=O)NC(C)CCCc2cccnc2)sc2cc(OC)ccc12. The average Bonchev–Trinajstić information content (AvgIpc) is 3.10. The van der Waals surface area contributed by atoms with Gasteiger partial charge in [0, 0.05) is 34.1 Å². The number of fused-ring (bicyclic) bond motifs is 1. The average molecular weight is 423 g/mol. The van der Waals surface area contributed by atoms with E-state index in [9.17, 15) is 4.79 Å². The van der Waals surface area contributed by atoms with Gasteiger partial charge in [-0.05, 0) is 79.5 Å². The maximum Gasteiger partial charge on any atom is 0.244 e. The van der Waals surface area contributed by atoms with E-state index < -0.39 is 0 Å². The minimum atomic E-state index is -0.0404. The summed E-state index contributed by atoms with van der Waals surface area (Å²) in [5.74, 6) is 0.821. The van der Waals surface area contributed by atoms with Gasteiger partial charge < -0.3 is 10.1 Å². The molecule has 158 valence electrons. The van der Waals surface area contributed by atoms with Crippen molar-refractivity contribution in [2.75, 3.05) is 7.11 Å². The molecule has 1 unspecified atom stereocenters. The Morgan fingerprint density at radius 3 is 2.90 bits per heavy atom. The minimum Gasteiger partial charge on any atom is -0.497 e. The summed E-state index contributed by atoms with van der Waals surface area (Å²) in [5, 5.41) is 4.34. The van der Waals surface area contributed by atoms with Gasteiger partial charge in [0.15, 0.2) is 0 Å². The van der Waals surface area contributed by atoms with E-state index in [2.05, 4.69) is 42.3 Å². The van der Waals surface area contributed by atoms with Gasteiger partial charge in [0.05, 0.1) is 7.11 Å². The fourth-order valence-electron chi connectivity index (χ4n) is 3.59. The third-order valence-corrected chi connectivity index (χ3v) is 6.29. The molecule has 4 nitrogen and oxygen atoms in total. The molecule has 2 aromatic heterocycles. The van der Waals surface area contributed by atoms with Crippen molar-refractivity contribution in [3.8, 4) is 5.75 Å². The smallest absolute Gasteiger partial charge is 0.244 e. The lowest BCUT2D eigenvalue weighted by Crippen LogP contribution is -2.31. The van der Waals surface area contributed by atoms with Crippen molar-refractivity contribution < 1.29 is 9.53 Å². The van der Waals surface area contributed by atoms with Gasteiger partial charge in [-0.1, -0.05) is 19.4 Å². The molecule has 3 aromatic rings. The molecule has 3 rings (SSSR count). The summed E-state index contributed by atoms with van der Waals surface area (Å²) in [4.78, 5) is 17.7. The first-order valence-electron chi connectivity index (χ1n) is 10.6. The molecule has 0 aliphatic heterocycles. The monoisotopic (exact) mass is 422 g/mol. The summed E-state index contributed by atoms with van der Waals surface area (Å²) in [6.45, 7) is 4.24. The highest BCUT2D eigenvalue weighted by atomic mass is 32.1. The summed E-state index contributed by atoms with van der Waals surface area (Å²) in [6, 6.07) is 10.4. The van der Waals surface area contributed by atoms with Crippen LogP contribution in [0.15, 0.2) is 48.8 Å². The number of aromatic nitrogens is 1. The standard InChI is InChI=1S/C25H30N2O2S/c1-4-7-21-22-12-11-20(29-3)16-24(22)30-23(21)13-14-25(28)27-18(2)8-5-9-19-10-6-15-26-17-19/h6,10-18H,4-5,7-9H2,1-3H3,(H,27,28)/b14-13+. The Labute approximate surface area is 183 Å². The fraction of sp³-hybridized carbons (Fsp3) is 0.360. The van der Waals surface area contributed by atoms with Crippen LogP contribution in [0.4, 0.5) is 0 Å². The summed E-state index contributed by atoms with van der Waals surface area (Å²) in [5.41, 5.74) is 2.55. The highest BCUT2D eigenvalue weighted by Gasteiger charge is 2.11. The van der Waals surface area contributed by atoms with Crippen LogP contribution in [0.5, 0.6) is 5.75 Å². The Morgan fingerprint density at radius 1 is 1.30 bits per heavy atom. The van der Waals surface area contributed by atoms with Crippen molar-refractivity contribution in [2.24, 2.45) is 0 Å². The third-order valence-electron chi connectivity index (χ3n) is 5.13. The zero-order chi connectivity index (χ0) is 21.3. The number of nitrogens with one attached hydrogen (secondary N) is 1. The minimum absolute atomic E-state index is 0.0404. The predicted molar refractivity (Wildman–Crippen MR) is 126 cm³/mol. The Hall–Kier alpha value is -2.66. The molecule has 1 aromatic carbocycles. The van der Waals surface area contributed by atoms with Crippen LogP contribution in [-0.4, -0.2) is 24.0 Å². The quantitative estimate of drug-likeness (QED) is 0.420. The number of thiophene rings is 1. The van der Waals surface area contributed by atoms with E-state index in [0.717, 1.165) is 42.7 Å². The summed E-state index contributed by atoms with van der Waals surface area (Å²) in [7, 11) is 1.69. The molecule has 0 saturated carbocycles. The number of pyridine rings is 1. The summed E-state index contributed by atoms with van der Waals surface area (Å²) >= 11 is 1.71. The van der Waals surface area contributed by atoms with Gasteiger partial charge in [0.25, 0.3) is 0 Å². The number of amides is 1. The second-order valence-corrected chi connectivity index (χ2v) is 8.64. The number of rotatable bonds is 10. The van der Waals surface area contributed by atoms with Crippen LogP contribution >= 0.6 is 11.3 Å². The van der Waals surface area contributed by atoms with E-state index in [1.54, 1.807) is 30.7 Å². The van der Waals surface area contributed by atoms with E-state index in [1.807, 2.05) is 24.4 Å². The van der Waals surface area contributed by atoms with Crippen molar-refractivity contribution >= 4 is 33.4 Å². The number of ether oxygens (including phenoxy) is 1. The van der Waals surface area contributed by atoms with Gasteiger partial charge in [-0.15, -0.1) is 11.3 Å². The molecule has 1 N–H and O–H groups in total. The van der Waals surface area contributed by atoms with Crippen LogP contribution in [0, 0.1) is 0 Å². The van der Waals surface area contributed by atoms with Gasteiger partial charge in [0.1, 0.15) is 5.75 Å². The maximum atomic E-state index is 12.4. The lowest BCUT2D eigenvalue weighted by molar-refractivity contribution is -0.117. The second kappa shape index (κ2) is 10.9. The van der Waals surface area contributed by atoms with E-state index in [-0.39, 0.29) is 11.9 Å². The van der Waals surface area contributed by atoms with E-state index in [0.29, 0.717) is 0 Å². The number of benzene rings is 1. The highest BCUT2D eigenvalue weighted by Crippen LogP contribution is 2.35. The molecule has 0 spiro atoms. The molecule has 30 heavy (non-hydrogen) atoms. The molecular weight excluding hydrogens is 392 g/mol. The van der Waals surface area contributed by atoms with Crippen molar-refractivity contribution in [1.29, 1.82) is 0 Å². The van der Waals surface area contributed by atoms with Gasteiger partial charge in [-0.25, -0.2) is 0 Å². The summed E-state index contributed by atoms with van der Waals surface area (Å²) < 4.78 is 6.55. The largest absolute Gasteiger partial charge is 0.497 e. The lowest BCUT2D eigenvalue weighted by atomic mass is 10.1. The molecule has 0 bridgehead atoms. The number of carbonyl (C=O) groups excluding carboxylic acids is 1. The lowest BCUT2D eigenvalue weighted by Gasteiger charge is -2.12. The third kappa shape index (κ3) is 5.92. The van der Waals surface area contributed by atoms with Gasteiger partial charge in [0.2, 0.25) is 5.91 Å². The molecule has 0 aliphatic carbocycles. The van der Waals surface area contributed by atoms with Gasteiger partial charge in [-0.3, -0.25) is 9.78 Å². The zero-order valence-corrected chi connectivity index (χ0v) is 18.8. The molecule has 0 radical (unpaired) electrons. The zero-order valence-electron chi connectivity index (χ0n) is 18.0. The molecule has 0 aliphatic rings. The number of nitrogens with zero attached hydrogens (tertiary/aromatic N) is 1. The highest BCUT2D eigenvalue weighted by molar-refractivity contribution is 7.20. The van der Waals surface area contributed by atoms with Crippen molar-refractivity contribution in [3.05, 3.63) is 64.8 Å². The normalized spacial score (nSPS) is 12.4. The topological polar surface area (TPSA) is 51.2 Å². The van der Waals surface area contributed by atoms with Crippen molar-refractivity contribution in [2.45, 2.75) is 52.0 Å².